The second-order valence-corrected chi connectivity index (χ2v) is 5.04. The van der Waals surface area contributed by atoms with Crippen molar-refractivity contribution in [2.45, 2.75) is 45.3 Å². The predicted octanol–water partition coefficient (Wildman–Crippen LogP) is 1.04. The van der Waals surface area contributed by atoms with Crippen LogP contribution in [0.15, 0.2) is 0 Å². The van der Waals surface area contributed by atoms with Gasteiger partial charge in [-0.3, -0.25) is 9.69 Å². The van der Waals surface area contributed by atoms with Crippen molar-refractivity contribution in [3.05, 3.63) is 0 Å². The second kappa shape index (κ2) is 4.73. The molecule has 1 N–H and O–H groups in total. The quantitative estimate of drug-likeness (QED) is 0.695. The third kappa shape index (κ3) is 3.72. The van der Waals surface area contributed by atoms with Crippen molar-refractivity contribution in [3.8, 4) is 0 Å². The molecule has 1 saturated heterocycles. The number of rotatable bonds is 1. The number of esters is 1. The molecule has 1 aliphatic heterocycles. The average Bonchev–Trinajstić information content (AvgIpc) is 2.14. The molecule has 1 aliphatic rings. The summed E-state index contributed by atoms with van der Waals surface area (Å²) < 4.78 is 5.14. The standard InChI is InChI=1S/C11H17NO5/c1-11(2,3)17-9(14)8-5-4-7(13)6-12(8)10(15)16/h8H,4-6H2,1-3H3,(H,15,16). The Bertz CT molecular complexity index is 344. The number of ether oxygens (including phenoxy) is 1. The Balaban J connectivity index is 2.76. The first-order chi connectivity index (χ1) is 7.70. The molecule has 0 aromatic carbocycles. The highest BCUT2D eigenvalue weighted by Crippen LogP contribution is 2.19. The van der Waals surface area contributed by atoms with Crippen molar-refractivity contribution in [1.29, 1.82) is 0 Å². The molecule has 0 saturated carbocycles. The highest BCUT2D eigenvalue weighted by atomic mass is 16.6. The first-order valence-corrected chi connectivity index (χ1v) is 5.45. The Labute approximate surface area is 99.5 Å². The Morgan fingerprint density at radius 2 is 2.00 bits per heavy atom. The fraction of sp³-hybridized carbons (Fsp3) is 0.727. The SMILES string of the molecule is CC(C)(C)OC(=O)C1CCC(=O)CN1C(=O)O. The maximum Gasteiger partial charge on any atom is 0.408 e. The molecule has 1 fully saturated rings. The number of carbonyl (C=O) groups excluding carboxylic acids is 2. The van der Waals surface area contributed by atoms with E-state index in [0.29, 0.717) is 0 Å². The molecule has 0 radical (unpaired) electrons. The van der Waals surface area contributed by atoms with E-state index in [2.05, 4.69) is 0 Å². The van der Waals surface area contributed by atoms with E-state index in [1.807, 2.05) is 0 Å². The fourth-order valence-corrected chi connectivity index (χ4v) is 1.65. The lowest BCUT2D eigenvalue weighted by molar-refractivity contribution is -0.162. The van der Waals surface area contributed by atoms with Gasteiger partial charge in [0.15, 0.2) is 5.78 Å². The van der Waals surface area contributed by atoms with Gasteiger partial charge in [0.2, 0.25) is 0 Å². The van der Waals surface area contributed by atoms with E-state index in [-0.39, 0.29) is 25.2 Å². The van der Waals surface area contributed by atoms with Crippen molar-refractivity contribution in [2.24, 2.45) is 0 Å². The van der Waals surface area contributed by atoms with Crippen LogP contribution in [0.2, 0.25) is 0 Å². The Hall–Kier alpha value is -1.59. The molecule has 1 rings (SSSR count). The monoisotopic (exact) mass is 243 g/mol. The van der Waals surface area contributed by atoms with Crippen LogP contribution in [-0.4, -0.2) is 46.0 Å². The number of hydrogen-bond acceptors (Lipinski definition) is 4. The molecule has 6 nitrogen and oxygen atoms in total. The number of nitrogens with zero attached hydrogens (tertiary/aromatic N) is 1. The normalized spacial score (nSPS) is 21.2. The van der Waals surface area contributed by atoms with Gasteiger partial charge in [0, 0.05) is 6.42 Å². The average molecular weight is 243 g/mol. The zero-order valence-corrected chi connectivity index (χ0v) is 10.2. The van der Waals surface area contributed by atoms with Crippen LogP contribution in [-0.2, 0) is 14.3 Å². The summed E-state index contributed by atoms with van der Waals surface area (Å²) in [5.41, 5.74) is -0.664. The number of ketones is 1. The third-order valence-electron chi connectivity index (χ3n) is 2.34. The summed E-state index contributed by atoms with van der Waals surface area (Å²) in [6.45, 7) is 4.90. The summed E-state index contributed by atoms with van der Waals surface area (Å²) in [4.78, 5) is 34.8. The van der Waals surface area contributed by atoms with Gasteiger partial charge in [0.1, 0.15) is 11.6 Å². The smallest absolute Gasteiger partial charge is 0.408 e. The minimum absolute atomic E-state index is 0.174. The topological polar surface area (TPSA) is 83.9 Å². The van der Waals surface area contributed by atoms with Gasteiger partial charge in [0.25, 0.3) is 0 Å². The van der Waals surface area contributed by atoms with Gasteiger partial charge in [-0.25, -0.2) is 9.59 Å². The van der Waals surface area contributed by atoms with Gasteiger partial charge < -0.3 is 9.84 Å². The maximum atomic E-state index is 11.8. The maximum absolute atomic E-state index is 11.8. The molecule has 6 heteroatoms. The van der Waals surface area contributed by atoms with E-state index >= 15 is 0 Å². The Kier molecular flexibility index (Phi) is 3.75. The van der Waals surface area contributed by atoms with E-state index in [9.17, 15) is 14.4 Å². The van der Waals surface area contributed by atoms with Gasteiger partial charge in [0.05, 0.1) is 6.54 Å². The molecule has 1 amide bonds. The van der Waals surface area contributed by atoms with E-state index in [1.54, 1.807) is 20.8 Å². The molecular formula is C11H17NO5. The van der Waals surface area contributed by atoms with Crippen LogP contribution in [0.25, 0.3) is 0 Å². The molecule has 0 bridgehead atoms. The van der Waals surface area contributed by atoms with Gasteiger partial charge in [-0.05, 0) is 27.2 Å². The minimum Gasteiger partial charge on any atom is -0.465 e. The van der Waals surface area contributed by atoms with Crippen molar-refractivity contribution >= 4 is 17.8 Å². The molecule has 1 atom stereocenters. The number of hydrogen-bond donors (Lipinski definition) is 1. The summed E-state index contributed by atoms with van der Waals surface area (Å²) in [6.07, 6.45) is -0.859. The highest BCUT2D eigenvalue weighted by molar-refractivity contribution is 5.90. The zero-order chi connectivity index (χ0) is 13.2. The van der Waals surface area contributed by atoms with Crippen LogP contribution in [0.5, 0.6) is 0 Å². The van der Waals surface area contributed by atoms with E-state index < -0.39 is 23.7 Å². The molecule has 0 aromatic heterocycles. The Morgan fingerprint density at radius 3 is 2.47 bits per heavy atom. The number of Topliss-reactive ketones (excluding diaryl/α,β-unsaturated/α-hetero) is 1. The largest absolute Gasteiger partial charge is 0.465 e. The van der Waals surface area contributed by atoms with Crippen molar-refractivity contribution < 1.29 is 24.2 Å². The van der Waals surface area contributed by atoms with Crippen LogP contribution < -0.4 is 0 Å². The number of piperidine rings is 1. The van der Waals surface area contributed by atoms with E-state index in [0.717, 1.165) is 4.90 Å². The summed E-state index contributed by atoms with van der Waals surface area (Å²) >= 11 is 0. The molecule has 96 valence electrons. The molecule has 1 heterocycles. The van der Waals surface area contributed by atoms with E-state index in [4.69, 9.17) is 9.84 Å². The summed E-state index contributed by atoms with van der Waals surface area (Å²) in [5.74, 6) is -0.764. The third-order valence-corrected chi connectivity index (χ3v) is 2.34. The second-order valence-electron chi connectivity index (χ2n) is 5.04. The van der Waals surface area contributed by atoms with Gasteiger partial charge in [-0.2, -0.15) is 0 Å². The lowest BCUT2D eigenvalue weighted by Gasteiger charge is -2.33. The highest BCUT2D eigenvalue weighted by Gasteiger charge is 2.37. The fourth-order valence-electron chi connectivity index (χ4n) is 1.65. The van der Waals surface area contributed by atoms with Crippen molar-refractivity contribution in [1.82, 2.24) is 4.90 Å². The van der Waals surface area contributed by atoms with Crippen LogP contribution in [0, 0.1) is 0 Å². The molecular weight excluding hydrogens is 226 g/mol. The lowest BCUT2D eigenvalue weighted by atomic mass is 10.0. The number of amides is 1. The molecule has 1 unspecified atom stereocenters. The van der Waals surface area contributed by atoms with Crippen LogP contribution >= 0.6 is 0 Å². The first-order valence-electron chi connectivity index (χ1n) is 5.45. The van der Waals surface area contributed by atoms with Gasteiger partial charge in [-0.1, -0.05) is 0 Å². The number of likely N-dealkylation sites (tertiary alicyclic amines) is 1. The van der Waals surface area contributed by atoms with Gasteiger partial charge >= 0.3 is 12.1 Å². The summed E-state index contributed by atoms with van der Waals surface area (Å²) in [5, 5.41) is 8.94. The molecule has 17 heavy (non-hydrogen) atoms. The first kappa shape index (κ1) is 13.5. The van der Waals surface area contributed by atoms with Gasteiger partial charge in [-0.15, -0.1) is 0 Å². The summed E-state index contributed by atoms with van der Waals surface area (Å²) in [7, 11) is 0. The van der Waals surface area contributed by atoms with Crippen molar-refractivity contribution in [2.75, 3.05) is 6.54 Å². The molecule has 0 aliphatic carbocycles. The molecule has 0 aromatic rings. The predicted molar refractivity (Wildman–Crippen MR) is 58.6 cm³/mol. The molecule has 0 spiro atoms. The lowest BCUT2D eigenvalue weighted by Crippen LogP contribution is -2.52. The Morgan fingerprint density at radius 1 is 1.41 bits per heavy atom. The van der Waals surface area contributed by atoms with Crippen LogP contribution in [0.1, 0.15) is 33.6 Å². The minimum atomic E-state index is -1.27. The number of carbonyl (C=O) groups is 3. The zero-order valence-electron chi connectivity index (χ0n) is 10.2. The summed E-state index contributed by atoms with van der Waals surface area (Å²) in [6, 6.07) is -0.871. The van der Waals surface area contributed by atoms with E-state index in [1.165, 1.54) is 0 Å². The van der Waals surface area contributed by atoms with Crippen molar-refractivity contribution in [3.63, 3.8) is 0 Å². The number of carboxylic acid groups (broad SMARTS) is 1. The van der Waals surface area contributed by atoms with Crippen LogP contribution in [0.4, 0.5) is 4.79 Å². The van der Waals surface area contributed by atoms with Crippen LogP contribution in [0.3, 0.4) is 0 Å².